The average Bonchev–Trinajstić information content (AvgIpc) is 2.51. The van der Waals surface area contributed by atoms with Gasteiger partial charge in [0, 0.05) is 6.04 Å². The van der Waals surface area contributed by atoms with E-state index in [9.17, 15) is 4.79 Å². The molecule has 2 heterocycles. The normalized spacial score (nSPS) is 11.9. The number of thiazole rings is 1. The molecular formula is C11H15N3OS. The molecule has 0 amide bonds. The molecule has 2 aromatic heterocycles. The fraction of sp³-hybridized carbons (Fsp3) is 0.545. The van der Waals surface area contributed by atoms with Gasteiger partial charge in [0.1, 0.15) is 0 Å². The first-order valence-corrected chi connectivity index (χ1v) is 6.20. The van der Waals surface area contributed by atoms with Crippen molar-refractivity contribution in [3.8, 4) is 0 Å². The van der Waals surface area contributed by atoms with Crippen molar-refractivity contribution >= 4 is 21.8 Å². The highest BCUT2D eigenvalue weighted by Gasteiger charge is 2.14. The molecule has 0 saturated heterocycles. The van der Waals surface area contributed by atoms with Gasteiger partial charge in [0.05, 0.1) is 11.9 Å². The van der Waals surface area contributed by atoms with Gasteiger partial charge < -0.3 is 0 Å². The summed E-state index contributed by atoms with van der Waals surface area (Å²) in [6.07, 6.45) is 1.76. The van der Waals surface area contributed by atoms with Gasteiger partial charge in [0.15, 0.2) is 10.5 Å². The lowest BCUT2D eigenvalue weighted by Gasteiger charge is -2.08. The standard InChI is InChI=1S/C11H15N3OS/c1-6(2)8-5-12-10-9(13-8)14(7(3)4)11(15)16-10/h5-7H,1-4H3. The summed E-state index contributed by atoms with van der Waals surface area (Å²) < 4.78 is 1.71. The molecule has 0 aliphatic heterocycles. The second kappa shape index (κ2) is 3.97. The molecule has 2 aromatic rings. The van der Waals surface area contributed by atoms with Crippen LogP contribution in [0.5, 0.6) is 0 Å². The zero-order valence-electron chi connectivity index (χ0n) is 9.89. The van der Waals surface area contributed by atoms with Crippen LogP contribution in [0.4, 0.5) is 0 Å². The van der Waals surface area contributed by atoms with Gasteiger partial charge in [-0.3, -0.25) is 9.36 Å². The topological polar surface area (TPSA) is 47.8 Å². The van der Waals surface area contributed by atoms with Gasteiger partial charge in [-0.2, -0.15) is 0 Å². The molecule has 0 aliphatic carbocycles. The zero-order valence-corrected chi connectivity index (χ0v) is 10.7. The molecule has 5 heteroatoms. The number of rotatable bonds is 2. The maximum Gasteiger partial charge on any atom is 0.311 e. The highest BCUT2D eigenvalue weighted by atomic mass is 32.1. The number of aromatic nitrogens is 3. The first-order chi connectivity index (χ1) is 7.50. The van der Waals surface area contributed by atoms with Crippen LogP contribution in [-0.2, 0) is 0 Å². The van der Waals surface area contributed by atoms with Crippen LogP contribution in [0, 0.1) is 0 Å². The van der Waals surface area contributed by atoms with Gasteiger partial charge in [-0.25, -0.2) is 9.97 Å². The Morgan fingerprint density at radius 1 is 1.31 bits per heavy atom. The number of fused-ring (bicyclic) bond motifs is 1. The average molecular weight is 237 g/mol. The summed E-state index contributed by atoms with van der Waals surface area (Å²) in [6, 6.07) is 0.123. The van der Waals surface area contributed by atoms with E-state index in [1.165, 1.54) is 0 Å². The molecule has 0 spiro atoms. The van der Waals surface area contributed by atoms with E-state index in [0.29, 0.717) is 5.92 Å². The van der Waals surface area contributed by atoms with Gasteiger partial charge >= 0.3 is 4.87 Å². The Kier molecular flexibility index (Phi) is 2.80. The molecule has 0 saturated carbocycles. The van der Waals surface area contributed by atoms with Gasteiger partial charge in [0.2, 0.25) is 0 Å². The molecule has 0 atom stereocenters. The van der Waals surface area contributed by atoms with Crippen molar-refractivity contribution < 1.29 is 0 Å². The molecule has 0 bridgehead atoms. The Labute approximate surface area is 98.0 Å². The maximum absolute atomic E-state index is 11.8. The molecule has 16 heavy (non-hydrogen) atoms. The van der Waals surface area contributed by atoms with Crippen LogP contribution in [0.25, 0.3) is 10.5 Å². The molecule has 86 valence electrons. The fourth-order valence-corrected chi connectivity index (χ4v) is 2.46. The first kappa shape index (κ1) is 11.3. The van der Waals surface area contributed by atoms with Gasteiger partial charge in [-0.1, -0.05) is 25.2 Å². The van der Waals surface area contributed by atoms with Crippen molar-refractivity contribution in [1.82, 2.24) is 14.5 Å². The second-order valence-electron chi connectivity index (χ2n) is 4.41. The van der Waals surface area contributed by atoms with Crippen LogP contribution in [-0.4, -0.2) is 14.5 Å². The summed E-state index contributed by atoms with van der Waals surface area (Å²) in [6.45, 7) is 8.11. The van der Waals surface area contributed by atoms with Crippen molar-refractivity contribution in [3.05, 3.63) is 21.6 Å². The summed E-state index contributed by atoms with van der Waals surface area (Å²) >= 11 is 1.16. The van der Waals surface area contributed by atoms with E-state index in [0.717, 1.165) is 27.5 Å². The van der Waals surface area contributed by atoms with Gasteiger partial charge in [-0.05, 0) is 19.8 Å². The van der Waals surface area contributed by atoms with Crippen LogP contribution in [0.15, 0.2) is 11.0 Å². The summed E-state index contributed by atoms with van der Waals surface area (Å²) in [5.41, 5.74) is 1.65. The van der Waals surface area contributed by atoms with Crippen LogP contribution in [0.3, 0.4) is 0 Å². The van der Waals surface area contributed by atoms with E-state index in [1.807, 2.05) is 13.8 Å². The number of nitrogens with zero attached hydrogens (tertiary/aromatic N) is 3. The lowest BCUT2D eigenvalue weighted by atomic mass is 10.1. The van der Waals surface area contributed by atoms with E-state index in [1.54, 1.807) is 10.8 Å². The SMILES string of the molecule is CC(C)c1cnc2sc(=O)n(C(C)C)c2n1. The van der Waals surface area contributed by atoms with E-state index >= 15 is 0 Å². The lowest BCUT2D eigenvalue weighted by Crippen LogP contribution is -2.15. The Morgan fingerprint density at radius 3 is 2.56 bits per heavy atom. The smallest absolute Gasteiger partial charge is 0.279 e. The summed E-state index contributed by atoms with van der Waals surface area (Å²) in [5.74, 6) is 0.326. The number of hydrogen-bond acceptors (Lipinski definition) is 4. The van der Waals surface area contributed by atoms with E-state index in [-0.39, 0.29) is 10.9 Å². The molecule has 0 N–H and O–H groups in total. The predicted octanol–water partition coefficient (Wildman–Crippen LogP) is 2.56. The Bertz CT molecular complexity index is 568. The van der Waals surface area contributed by atoms with Crippen molar-refractivity contribution in [2.75, 3.05) is 0 Å². The fourth-order valence-electron chi connectivity index (χ4n) is 1.56. The molecule has 0 radical (unpaired) electrons. The van der Waals surface area contributed by atoms with Crippen molar-refractivity contribution in [2.45, 2.75) is 39.7 Å². The van der Waals surface area contributed by atoms with Gasteiger partial charge in [0.25, 0.3) is 0 Å². The summed E-state index contributed by atoms with van der Waals surface area (Å²) in [5, 5.41) is 0. The Hall–Kier alpha value is -1.23. The minimum absolute atomic E-state index is 0.0194. The first-order valence-electron chi connectivity index (χ1n) is 5.38. The van der Waals surface area contributed by atoms with Crippen molar-refractivity contribution in [2.24, 2.45) is 0 Å². The highest BCUT2D eigenvalue weighted by molar-refractivity contribution is 7.15. The van der Waals surface area contributed by atoms with Crippen LogP contribution in [0.2, 0.25) is 0 Å². The highest BCUT2D eigenvalue weighted by Crippen LogP contribution is 2.19. The van der Waals surface area contributed by atoms with Crippen molar-refractivity contribution in [3.63, 3.8) is 0 Å². The molecule has 0 fully saturated rings. The zero-order chi connectivity index (χ0) is 11.9. The Balaban J connectivity index is 2.75. The quantitative estimate of drug-likeness (QED) is 0.806. The predicted molar refractivity (Wildman–Crippen MR) is 66.1 cm³/mol. The monoisotopic (exact) mass is 237 g/mol. The maximum atomic E-state index is 11.8. The molecule has 4 nitrogen and oxygen atoms in total. The van der Waals surface area contributed by atoms with Crippen LogP contribution >= 0.6 is 11.3 Å². The Morgan fingerprint density at radius 2 is 2.00 bits per heavy atom. The third kappa shape index (κ3) is 1.75. The summed E-state index contributed by atoms with van der Waals surface area (Å²) in [7, 11) is 0. The third-order valence-electron chi connectivity index (χ3n) is 2.46. The molecule has 0 aromatic carbocycles. The lowest BCUT2D eigenvalue weighted by molar-refractivity contribution is 0.603. The third-order valence-corrected chi connectivity index (χ3v) is 3.31. The second-order valence-corrected chi connectivity index (χ2v) is 5.35. The van der Waals surface area contributed by atoms with Crippen molar-refractivity contribution in [1.29, 1.82) is 0 Å². The minimum atomic E-state index is 0.0194. The van der Waals surface area contributed by atoms with Gasteiger partial charge in [-0.15, -0.1) is 0 Å². The largest absolute Gasteiger partial charge is 0.311 e. The van der Waals surface area contributed by atoms with E-state index in [2.05, 4.69) is 23.8 Å². The van der Waals surface area contributed by atoms with E-state index in [4.69, 9.17) is 0 Å². The molecular weight excluding hydrogens is 222 g/mol. The molecule has 0 unspecified atom stereocenters. The van der Waals surface area contributed by atoms with Crippen LogP contribution in [0.1, 0.15) is 45.3 Å². The van der Waals surface area contributed by atoms with Crippen LogP contribution < -0.4 is 4.87 Å². The molecule has 0 aliphatic rings. The minimum Gasteiger partial charge on any atom is -0.279 e. The van der Waals surface area contributed by atoms with E-state index < -0.39 is 0 Å². The summed E-state index contributed by atoms with van der Waals surface area (Å²) in [4.78, 5) is 21.3. The molecule has 2 rings (SSSR count). The number of hydrogen-bond donors (Lipinski definition) is 0.